The molecule has 0 radical (unpaired) electrons. The van der Waals surface area contributed by atoms with Gasteiger partial charge in [0, 0.05) is 6.61 Å². The van der Waals surface area contributed by atoms with Crippen LogP contribution in [0, 0.1) is 0 Å². The Morgan fingerprint density at radius 2 is 2.33 bits per heavy atom. The molecule has 12 heavy (non-hydrogen) atoms. The molecule has 1 aliphatic rings. The van der Waals surface area contributed by atoms with Crippen LogP contribution in [0.2, 0.25) is 12.6 Å². The summed E-state index contributed by atoms with van der Waals surface area (Å²) in [4.78, 5) is 0. The highest BCUT2D eigenvalue weighted by molar-refractivity contribution is 6.84. The Labute approximate surface area is 73.7 Å². The molecule has 0 bridgehead atoms. The van der Waals surface area contributed by atoms with E-state index in [0.29, 0.717) is 0 Å². The van der Waals surface area contributed by atoms with Crippen molar-refractivity contribution in [1.82, 2.24) is 0 Å². The Balaban J connectivity index is 2.19. The molecule has 0 N–H and O–H groups in total. The first kappa shape index (κ1) is 8.07. The molecule has 1 aliphatic heterocycles. The zero-order valence-corrected chi connectivity index (χ0v) is 8.38. The third-order valence-corrected chi connectivity index (χ3v) is 5.99. The normalized spacial score (nSPS) is 30.4. The molecular formula is C9H14O2Si. The van der Waals surface area contributed by atoms with Gasteiger partial charge >= 0.3 is 0 Å². The lowest BCUT2D eigenvalue weighted by molar-refractivity contribution is 0.275. The minimum Gasteiger partial charge on any atom is -0.471 e. The van der Waals surface area contributed by atoms with E-state index in [1.165, 1.54) is 18.9 Å². The van der Waals surface area contributed by atoms with E-state index >= 15 is 0 Å². The number of furan rings is 1. The summed E-state index contributed by atoms with van der Waals surface area (Å²) >= 11 is 0. The van der Waals surface area contributed by atoms with E-state index in [1.54, 1.807) is 6.26 Å². The Bertz CT molecular complexity index is 237. The number of hydrogen-bond donors (Lipinski definition) is 0. The van der Waals surface area contributed by atoms with Crippen molar-refractivity contribution >= 4 is 13.7 Å². The van der Waals surface area contributed by atoms with E-state index in [9.17, 15) is 0 Å². The summed E-state index contributed by atoms with van der Waals surface area (Å²) < 4.78 is 11.3. The second kappa shape index (κ2) is 3.07. The zero-order chi connectivity index (χ0) is 8.44. The molecule has 2 rings (SSSR count). The fourth-order valence-corrected chi connectivity index (χ4v) is 4.53. The van der Waals surface area contributed by atoms with Crippen LogP contribution in [-0.4, -0.2) is 14.9 Å². The van der Waals surface area contributed by atoms with Crippen molar-refractivity contribution in [3.05, 3.63) is 18.4 Å². The molecule has 0 aliphatic carbocycles. The highest BCUT2D eigenvalue weighted by Crippen LogP contribution is 2.21. The maximum atomic E-state index is 5.85. The molecule has 2 heterocycles. The van der Waals surface area contributed by atoms with Crippen molar-refractivity contribution in [3.63, 3.8) is 0 Å². The largest absolute Gasteiger partial charge is 0.471 e. The van der Waals surface area contributed by atoms with Crippen LogP contribution in [-0.2, 0) is 4.43 Å². The van der Waals surface area contributed by atoms with Crippen molar-refractivity contribution in [3.8, 4) is 0 Å². The van der Waals surface area contributed by atoms with Crippen LogP contribution in [0.4, 0.5) is 0 Å². The van der Waals surface area contributed by atoms with Gasteiger partial charge in [-0.2, -0.15) is 0 Å². The topological polar surface area (TPSA) is 22.4 Å². The molecule has 1 atom stereocenters. The first-order valence-corrected chi connectivity index (χ1v) is 7.11. The maximum absolute atomic E-state index is 5.85. The van der Waals surface area contributed by atoms with Crippen molar-refractivity contribution < 1.29 is 8.84 Å². The van der Waals surface area contributed by atoms with Gasteiger partial charge in [-0.25, -0.2) is 0 Å². The van der Waals surface area contributed by atoms with Gasteiger partial charge in [0.15, 0.2) is 0 Å². The van der Waals surface area contributed by atoms with Gasteiger partial charge in [0.1, 0.15) is 5.38 Å². The van der Waals surface area contributed by atoms with Crippen LogP contribution in [0.15, 0.2) is 22.8 Å². The fraction of sp³-hybridized carbons (Fsp3) is 0.556. The second-order valence-electron chi connectivity index (χ2n) is 3.51. The van der Waals surface area contributed by atoms with E-state index in [-0.39, 0.29) is 0 Å². The molecule has 1 aromatic heterocycles. The number of hydrogen-bond acceptors (Lipinski definition) is 2. The van der Waals surface area contributed by atoms with Crippen LogP contribution in [0.3, 0.4) is 0 Å². The molecule has 1 fully saturated rings. The van der Waals surface area contributed by atoms with Gasteiger partial charge in [0.2, 0.25) is 0 Å². The SMILES string of the molecule is C[Si]1(c2ccco2)CCCCO1. The first-order chi connectivity index (χ1) is 5.81. The highest BCUT2D eigenvalue weighted by atomic mass is 28.4. The third kappa shape index (κ3) is 1.34. The van der Waals surface area contributed by atoms with Gasteiger partial charge in [-0.1, -0.05) is 6.42 Å². The van der Waals surface area contributed by atoms with Gasteiger partial charge in [0.05, 0.1) is 6.26 Å². The van der Waals surface area contributed by atoms with Gasteiger partial charge in [0.25, 0.3) is 8.32 Å². The van der Waals surface area contributed by atoms with Gasteiger partial charge in [-0.3, -0.25) is 0 Å². The summed E-state index contributed by atoms with van der Waals surface area (Å²) in [5, 5.41) is 1.10. The third-order valence-electron chi connectivity index (χ3n) is 2.51. The van der Waals surface area contributed by atoms with Crippen molar-refractivity contribution in [2.45, 2.75) is 25.4 Å². The summed E-state index contributed by atoms with van der Waals surface area (Å²) in [6, 6.07) is 5.21. The smallest absolute Gasteiger partial charge is 0.260 e. The van der Waals surface area contributed by atoms with Crippen LogP contribution in [0.25, 0.3) is 0 Å². The molecule has 1 saturated heterocycles. The Morgan fingerprint density at radius 3 is 2.92 bits per heavy atom. The summed E-state index contributed by atoms with van der Waals surface area (Å²) in [6.07, 6.45) is 4.25. The molecule has 1 unspecified atom stereocenters. The Hall–Kier alpha value is -0.543. The summed E-state index contributed by atoms with van der Waals surface area (Å²) in [5.41, 5.74) is 0. The lowest BCUT2D eigenvalue weighted by atomic mass is 10.4. The van der Waals surface area contributed by atoms with Crippen LogP contribution >= 0.6 is 0 Å². The molecule has 1 aromatic rings. The molecule has 0 spiro atoms. The predicted octanol–water partition coefficient (Wildman–Crippen LogP) is 1.87. The van der Waals surface area contributed by atoms with E-state index in [1.807, 2.05) is 6.07 Å². The maximum Gasteiger partial charge on any atom is 0.260 e. The Kier molecular flexibility index (Phi) is 2.06. The number of rotatable bonds is 1. The van der Waals surface area contributed by atoms with Gasteiger partial charge in [-0.05, 0) is 31.1 Å². The van der Waals surface area contributed by atoms with Crippen molar-refractivity contribution in [2.75, 3.05) is 6.61 Å². The van der Waals surface area contributed by atoms with Crippen LogP contribution in [0.1, 0.15) is 12.8 Å². The standard InChI is InChI=1S/C9H14O2Si/c1-12(8-3-2-7-11-12)9-5-4-6-10-9/h4-6H,2-3,7-8H2,1H3. The average molecular weight is 182 g/mol. The minimum absolute atomic E-state index is 0.920. The predicted molar refractivity (Wildman–Crippen MR) is 50.0 cm³/mol. The zero-order valence-electron chi connectivity index (χ0n) is 7.38. The molecule has 66 valence electrons. The lowest BCUT2D eigenvalue weighted by Crippen LogP contribution is -2.49. The van der Waals surface area contributed by atoms with Crippen LogP contribution in [0.5, 0.6) is 0 Å². The average Bonchev–Trinajstić information content (AvgIpc) is 2.58. The molecule has 0 amide bonds. The highest BCUT2D eigenvalue weighted by Gasteiger charge is 2.36. The lowest BCUT2D eigenvalue weighted by Gasteiger charge is -2.29. The van der Waals surface area contributed by atoms with Crippen molar-refractivity contribution in [1.29, 1.82) is 0 Å². The molecule has 2 nitrogen and oxygen atoms in total. The van der Waals surface area contributed by atoms with E-state index in [2.05, 4.69) is 12.6 Å². The van der Waals surface area contributed by atoms with Gasteiger partial charge in [-0.15, -0.1) is 0 Å². The van der Waals surface area contributed by atoms with E-state index in [4.69, 9.17) is 8.84 Å². The summed E-state index contributed by atoms with van der Waals surface area (Å²) in [5.74, 6) is 0. The van der Waals surface area contributed by atoms with Crippen LogP contribution < -0.4 is 5.38 Å². The minimum atomic E-state index is -1.63. The van der Waals surface area contributed by atoms with E-state index in [0.717, 1.165) is 12.0 Å². The second-order valence-corrected chi connectivity index (χ2v) is 7.26. The van der Waals surface area contributed by atoms with Gasteiger partial charge < -0.3 is 8.84 Å². The monoisotopic (exact) mass is 182 g/mol. The molecular weight excluding hydrogens is 168 g/mol. The molecule has 0 aromatic carbocycles. The summed E-state index contributed by atoms with van der Waals surface area (Å²) in [6.45, 7) is 3.16. The summed E-state index contributed by atoms with van der Waals surface area (Å²) in [7, 11) is -1.63. The van der Waals surface area contributed by atoms with Crippen molar-refractivity contribution in [2.24, 2.45) is 0 Å². The molecule has 0 saturated carbocycles. The molecule has 3 heteroatoms. The fourth-order valence-electron chi connectivity index (χ4n) is 1.71. The Morgan fingerprint density at radius 1 is 1.42 bits per heavy atom. The quantitative estimate of drug-likeness (QED) is 0.619. The first-order valence-electron chi connectivity index (χ1n) is 4.49. The van der Waals surface area contributed by atoms with E-state index < -0.39 is 8.32 Å².